The Morgan fingerprint density at radius 2 is 1.95 bits per heavy atom. The van der Waals surface area contributed by atoms with E-state index in [-0.39, 0.29) is 0 Å². The van der Waals surface area contributed by atoms with E-state index in [1.54, 1.807) is 25.1 Å². The van der Waals surface area contributed by atoms with Gasteiger partial charge in [-0.05, 0) is 36.8 Å². The summed E-state index contributed by atoms with van der Waals surface area (Å²) in [4.78, 5) is 3.90. The predicted octanol–water partition coefficient (Wildman–Crippen LogP) is 3.98. The molecule has 0 aliphatic rings. The molecule has 1 heterocycles. The summed E-state index contributed by atoms with van der Waals surface area (Å²) >= 11 is 11.8. The average Bonchev–Trinajstić information content (AvgIpc) is 2.34. The standard InChI is InChI=1S/C14H12Cl2FNO/c1-14(19,13-5-3-10(17)8-18-13)7-9-2-4-11(15)12(16)6-9/h2-6,8,19H,7H2,1H3. The fraction of sp³-hybridized carbons (Fsp3) is 0.214. The highest BCUT2D eigenvalue weighted by Gasteiger charge is 2.25. The zero-order chi connectivity index (χ0) is 14.0. The van der Waals surface area contributed by atoms with Crippen LogP contribution in [0.5, 0.6) is 0 Å². The molecule has 0 spiro atoms. The summed E-state index contributed by atoms with van der Waals surface area (Å²) in [5.41, 5.74) is 0.0238. The molecule has 0 radical (unpaired) electrons. The van der Waals surface area contributed by atoms with Crippen LogP contribution in [0.2, 0.25) is 10.0 Å². The van der Waals surface area contributed by atoms with E-state index >= 15 is 0 Å². The number of halogens is 3. The summed E-state index contributed by atoms with van der Waals surface area (Å²) in [6.45, 7) is 1.62. The fourth-order valence-electron chi connectivity index (χ4n) is 1.83. The number of hydrogen-bond donors (Lipinski definition) is 1. The smallest absolute Gasteiger partial charge is 0.141 e. The van der Waals surface area contributed by atoms with Gasteiger partial charge in [-0.15, -0.1) is 0 Å². The van der Waals surface area contributed by atoms with Crippen LogP contribution in [-0.4, -0.2) is 10.1 Å². The molecule has 0 aliphatic carbocycles. The lowest BCUT2D eigenvalue weighted by molar-refractivity contribution is 0.0529. The van der Waals surface area contributed by atoms with E-state index in [1.165, 1.54) is 12.1 Å². The first-order chi connectivity index (χ1) is 8.88. The van der Waals surface area contributed by atoms with E-state index < -0.39 is 11.4 Å². The van der Waals surface area contributed by atoms with Crippen molar-refractivity contribution < 1.29 is 9.50 Å². The summed E-state index contributed by atoms with van der Waals surface area (Å²) in [5.74, 6) is -0.436. The lowest BCUT2D eigenvalue weighted by Crippen LogP contribution is -2.25. The van der Waals surface area contributed by atoms with Gasteiger partial charge in [-0.3, -0.25) is 4.98 Å². The van der Waals surface area contributed by atoms with Gasteiger partial charge in [0.15, 0.2) is 0 Å². The molecule has 0 amide bonds. The van der Waals surface area contributed by atoms with Crippen molar-refractivity contribution >= 4 is 23.2 Å². The topological polar surface area (TPSA) is 33.1 Å². The lowest BCUT2D eigenvalue weighted by Gasteiger charge is -2.23. The van der Waals surface area contributed by atoms with E-state index in [0.717, 1.165) is 11.8 Å². The highest BCUT2D eigenvalue weighted by atomic mass is 35.5. The van der Waals surface area contributed by atoms with Crippen molar-refractivity contribution in [3.63, 3.8) is 0 Å². The quantitative estimate of drug-likeness (QED) is 0.930. The predicted molar refractivity (Wildman–Crippen MR) is 73.9 cm³/mol. The van der Waals surface area contributed by atoms with Crippen LogP contribution in [0.25, 0.3) is 0 Å². The Morgan fingerprint density at radius 1 is 1.21 bits per heavy atom. The molecule has 1 aromatic carbocycles. The molecular weight excluding hydrogens is 288 g/mol. The Labute approximate surface area is 120 Å². The van der Waals surface area contributed by atoms with Crippen LogP contribution in [-0.2, 0) is 12.0 Å². The number of pyridine rings is 1. The van der Waals surface area contributed by atoms with Gasteiger partial charge in [0.25, 0.3) is 0 Å². The summed E-state index contributed by atoms with van der Waals surface area (Å²) in [6, 6.07) is 7.89. The van der Waals surface area contributed by atoms with Crippen LogP contribution in [0.3, 0.4) is 0 Å². The third kappa shape index (κ3) is 3.44. The van der Waals surface area contributed by atoms with Crippen LogP contribution in [0.15, 0.2) is 36.5 Å². The molecule has 1 atom stereocenters. The molecule has 0 fully saturated rings. The van der Waals surface area contributed by atoms with Gasteiger partial charge in [-0.1, -0.05) is 29.3 Å². The largest absolute Gasteiger partial charge is 0.383 e. The first-order valence-electron chi connectivity index (χ1n) is 5.67. The van der Waals surface area contributed by atoms with E-state index in [1.807, 2.05) is 0 Å². The molecule has 1 aromatic heterocycles. The van der Waals surface area contributed by atoms with Gasteiger partial charge < -0.3 is 5.11 Å². The molecule has 0 saturated heterocycles. The second-order valence-electron chi connectivity index (χ2n) is 4.56. The summed E-state index contributed by atoms with van der Waals surface area (Å²) < 4.78 is 12.8. The van der Waals surface area contributed by atoms with Crippen molar-refractivity contribution in [1.82, 2.24) is 4.98 Å². The Hall–Kier alpha value is -1.16. The van der Waals surface area contributed by atoms with Gasteiger partial charge in [0.2, 0.25) is 0 Å². The van der Waals surface area contributed by atoms with Gasteiger partial charge in [0.1, 0.15) is 11.4 Å². The van der Waals surface area contributed by atoms with Crippen molar-refractivity contribution in [3.8, 4) is 0 Å². The zero-order valence-electron chi connectivity index (χ0n) is 10.2. The van der Waals surface area contributed by atoms with Gasteiger partial charge in [-0.25, -0.2) is 4.39 Å². The number of benzene rings is 1. The maximum Gasteiger partial charge on any atom is 0.141 e. The Morgan fingerprint density at radius 3 is 2.53 bits per heavy atom. The number of rotatable bonds is 3. The van der Waals surface area contributed by atoms with Gasteiger partial charge in [-0.2, -0.15) is 0 Å². The first kappa shape index (κ1) is 14.3. The minimum atomic E-state index is -1.20. The number of aliphatic hydroxyl groups is 1. The van der Waals surface area contributed by atoms with Gasteiger partial charge in [0.05, 0.1) is 21.9 Å². The van der Waals surface area contributed by atoms with Gasteiger partial charge >= 0.3 is 0 Å². The molecule has 5 heteroatoms. The maximum absolute atomic E-state index is 12.8. The third-order valence-corrected chi connectivity index (χ3v) is 3.55. The second kappa shape index (κ2) is 5.45. The molecule has 0 saturated carbocycles. The van der Waals surface area contributed by atoms with E-state index in [2.05, 4.69) is 4.98 Å². The highest BCUT2D eigenvalue weighted by Crippen LogP contribution is 2.28. The van der Waals surface area contributed by atoms with E-state index in [0.29, 0.717) is 22.2 Å². The molecule has 1 unspecified atom stereocenters. The number of aromatic nitrogens is 1. The Kier molecular flexibility index (Phi) is 4.09. The lowest BCUT2D eigenvalue weighted by atomic mass is 9.93. The van der Waals surface area contributed by atoms with Crippen LogP contribution >= 0.6 is 23.2 Å². The third-order valence-electron chi connectivity index (χ3n) is 2.81. The molecule has 100 valence electrons. The van der Waals surface area contributed by atoms with E-state index in [4.69, 9.17) is 23.2 Å². The molecule has 19 heavy (non-hydrogen) atoms. The van der Waals surface area contributed by atoms with Crippen LogP contribution in [0.1, 0.15) is 18.2 Å². The van der Waals surface area contributed by atoms with Crippen molar-refractivity contribution in [1.29, 1.82) is 0 Å². The second-order valence-corrected chi connectivity index (χ2v) is 5.38. The molecule has 0 aliphatic heterocycles. The minimum absolute atomic E-state index is 0.308. The Balaban J connectivity index is 2.25. The number of nitrogens with zero attached hydrogens (tertiary/aromatic N) is 1. The van der Waals surface area contributed by atoms with Crippen molar-refractivity contribution in [2.75, 3.05) is 0 Å². The molecular formula is C14H12Cl2FNO. The van der Waals surface area contributed by atoms with Gasteiger partial charge in [0, 0.05) is 6.42 Å². The molecule has 2 nitrogen and oxygen atoms in total. The van der Waals surface area contributed by atoms with E-state index in [9.17, 15) is 9.50 Å². The fourth-order valence-corrected chi connectivity index (χ4v) is 2.15. The average molecular weight is 300 g/mol. The monoisotopic (exact) mass is 299 g/mol. The molecule has 0 bridgehead atoms. The molecule has 2 aromatic rings. The highest BCUT2D eigenvalue weighted by molar-refractivity contribution is 6.42. The zero-order valence-corrected chi connectivity index (χ0v) is 11.7. The number of hydrogen-bond acceptors (Lipinski definition) is 2. The summed E-state index contributed by atoms with van der Waals surface area (Å²) in [7, 11) is 0. The van der Waals surface area contributed by atoms with Crippen LogP contribution in [0, 0.1) is 5.82 Å². The maximum atomic E-state index is 12.8. The molecule has 2 rings (SSSR count). The normalized spacial score (nSPS) is 14.2. The minimum Gasteiger partial charge on any atom is -0.383 e. The first-order valence-corrected chi connectivity index (χ1v) is 6.42. The Bertz CT molecular complexity index is 584. The SMILES string of the molecule is CC(O)(Cc1ccc(Cl)c(Cl)c1)c1ccc(F)cn1. The van der Waals surface area contributed by atoms with Crippen molar-refractivity contribution in [3.05, 3.63) is 63.6 Å². The van der Waals surface area contributed by atoms with Crippen LogP contribution < -0.4 is 0 Å². The van der Waals surface area contributed by atoms with Crippen molar-refractivity contribution in [2.45, 2.75) is 18.9 Å². The van der Waals surface area contributed by atoms with Crippen molar-refractivity contribution in [2.24, 2.45) is 0 Å². The van der Waals surface area contributed by atoms with Crippen LogP contribution in [0.4, 0.5) is 4.39 Å². The summed E-state index contributed by atoms with van der Waals surface area (Å²) in [5, 5.41) is 11.3. The summed E-state index contributed by atoms with van der Waals surface area (Å²) in [6.07, 6.45) is 1.39. The molecule has 1 N–H and O–H groups in total.